The van der Waals surface area contributed by atoms with Crippen molar-refractivity contribution in [2.75, 3.05) is 0 Å². The van der Waals surface area contributed by atoms with E-state index in [0.717, 1.165) is 16.7 Å². The van der Waals surface area contributed by atoms with Gasteiger partial charge in [-0.25, -0.2) is 14.2 Å². The normalized spacial score (nSPS) is 10.5. The highest BCUT2D eigenvalue weighted by molar-refractivity contribution is 8.26. The molecular formula is C18H19Cl5N4O2S. The Morgan fingerprint density at radius 1 is 1.00 bits per heavy atom. The summed E-state index contributed by atoms with van der Waals surface area (Å²) in [7, 11) is 7.36. The van der Waals surface area contributed by atoms with Crippen LogP contribution in [-0.4, -0.2) is 28.1 Å². The summed E-state index contributed by atoms with van der Waals surface area (Å²) in [5.74, 6) is 0.430. The van der Waals surface area contributed by atoms with E-state index in [-0.39, 0.29) is 6.61 Å². The smallest absolute Gasteiger partial charge is 0.211 e. The molecule has 0 aromatic carbocycles. The minimum Gasteiger partial charge on any atom is -0.390 e. The molecule has 4 heterocycles. The fourth-order valence-corrected chi connectivity index (χ4v) is 2.78. The maximum atomic E-state index is 9.09. The van der Waals surface area contributed by atoms with Crippen molar-refractivity contribution >= 4 is 76.4 Å². The third-order valence-electron chi connectivity index (χ3n) is 3.32. The summed E-state index contributed by atoms with van der Waals surface area (Å²) in [6, 6.07) is 7.41. The van der Waals surface area contributed by atoms with E-state index in [9.17, 15) is 0 Å². The number of halogens is 5. The van der Waals surface area contributed by atoms with E-state index in [0.29, 0.717) is 28.5 Å². The van der Waals surface area contributed by atoms with E-state index in [4.69, 9.17) is 45.5 Å². The summed E-state index contributed by atoms with van der Waals surface area (Å²) in [5.41, 5.74) is 3.47. The van der Waals surface area contributed by atoms with Gasteiger partial charge in [-0.2, -0.15) is 0 Å². The lowest BCUT2D eigenvalue weighted by Crippen LogP contribution is -1.91. The summed E-state index contributed by atoms with van der Waals surface area (Å²) in [6.45, 7) is 2.25. The van der Waals surface area contributed by atoms with Gasteiger partial charge in [0.2, 0.25) is 9.23 Å². The number of nitrogens with zero attached hydrogens (tertiary/aromatic N) is 4. The SMILES string of the molecule is ClCc1cc2cc(Cl)cn2cn1.O=S(Cl)Cl.OCc1cc2cc(Cl)cn2cn1.[2H]CC. The Morgan fingerprint density at radius 3 is 1.80 bits per heavy atom. The summed E-state index contributed by atoms with van der Waals surface area (Å²) >= 11 is 17.2. The first-order chi connectivity index (χ1) is 14.7. The lowest BCUT2D eigenvalue weighted by atomic mass is 10.4. The van der Waals surface area contributed by atoms with Crippen molar-refractivity contribution in [3.63, 3.8) is 0 Å². The van der Waals surface area contributed by atoms with Crippen LogP contribution in [0.25, 0.3) is 11.0 Å². The molecule has 12 heteroatoms. The third kappa shape index (κ3) is 8.98. The standard InChI is InChI=1S/C8H6Cl2N2.C8H7ClN2O.C2H6.Cl2OS/c9-3-7-2-8-1-6(10)4-12(8)5-11-7;9-6-1-8-2-7(4-12)10-5-11(8)3-6;1-2;1-4(2)3/h1-2,4-5H,3H2;1-3,5,12H,4H2;1-2H3;/i;;1D;. The summed E-state index contributed by atoms with van der Waals surface area (Å²) in [6.07, 6.45) is 6.92. The molecule has 0 aliphatic rings. The number of aliphatic hydroxyl groups is 1. The molecule has 1 N–H and O–H groups in total. The largest absolute Gasteiger partial charge is 0.390 e. The zero-order valence-corrected chi connectivity index (χ0v) is 20.3. The number of fused-ring (bicyclic) bond motifs is 2. The maximum absolute atomic E-state index is 9.09. The second-order valence-corrected chi connectivity index (χ2v) is 8.88. The number of alkyl halides is 1. The Balaban J connectivity index is 0.000000240. The first-order valence-electron chi connectivity index (χ1n) is 8.89. The van der Waals surface area contributed by atoms with Gasteiger partial charge >= 0.3 is 0 Å². The van der Waals surface area contributed by atoms with E-state index in [1.54, 1.807) is 31.8 Å². The van der Waals surface area contributed by atoms with E-state index in [1.165, 1.54) is 0 Å². The number of rotatable bonds is 2. The van der Waals surface area contributed by atoms with Crippen LogP contribution in [0.2, 0.25) is 10.0 Å². The number of hydrogen-bond donors (Lipinski definition) is 1. The molecule has 164 valence electrons. The van der Waals surface area contributed by atoms with Crippen molar-refractivity contribution < 1.29 is 10.7 Å². The van der Waals surface area contributed by atoms with Gasteiger partial charge in [-0.1, -0.05) is 37.0 Å². The second kappa shape index (κ2) is 14.1. The monoisotopic (exact) mass is 531 g/mol. The predicted octanol–water partition coefficient (Wildman–Crippen LogP) is 6.28. The molecule has 0 saturated carbocycles. The van der Waals surface area contributed by atoms with Crippen LogP contribution in [0.5, 0.6) is 0 Å². The number of hydrogen-bond acceptors (Lipinski definition) is 4. The van der Waals surface area contributed by atoms with Crippen LogP contribution in [0.1, 0.15) is 26.6 Å². The Morgan fingerprint density at radius 2 is 1.40 bits per heavy atom. The predicted molar refractivity (Wildman–Crippen MR) is 127 cm³/mol. The van der Waals surface area contributed by atoms with Crippen LogP contribution in [0.15, 0.2) is 49.3 Å². The van der Waals surface area contributed by atoms with E-state index in [1.807, 2.05) is 33.2 Å². The first-order valence-corrected chi connectivity index (χ1v) is 12.3. The second-order valence-electron chi connectivity index (χ2n) is 5.22. The zero-order valence-electron chi connectivity index (χ0n) is 16.7. The van der Waals surface area contributed by atoms with Crippen molar-refractivity contribution in [2.24, 2.45) is 0 Å². The van der Waals surface area contributed by atoms with E-state index >= 15 is 0 Å². The molecule has 4 aromatic heterocycles. The lowest BCUT2D eigenvalue weighted by Gasteiger charge is -1.95. The minimum absolute atomic E-state index is 0.0424. The van der Waals surface area contributed by atoms with Gasteiger partial charge < -0.3 is 13.9 Å². The van der Waals surface area contributed by atoms with Crippen LogP contribution < -0.4 is 0 Å². The molecular weight excluding hydrogens is 514 g/mol. The van der Waals surface area contributed by atoms with Crippen LogP contribution in [0.3, 0.4) is 0 Å². The average Bonchev–Trinajstić information content (AvgIpc) is 3.27. The van der Waals surface area contributed by atoms with Crippen LogP contribution >= 0.6 is 56.2 Å². The van der Waals surface area contributed by atoms with Crippen molar-refractivity contribution in [3.05, 3.63) is 70.7 Å². The molecule has 30 heavy (non-hydrogen) atoms. The van der Waals surface area contributed by atoms with Gasteiger partial charge in [0.15, 0.2) is 0 Å². The van der Waals surface area contributed by atoms with Gasteiger partial charge in [0.25, 0.3) is 0 Å². The Hall–Kier alpha value is -1.06. The Labute approximate surface area is 202 Å². The fraction of sp³-hybridized carbons (Fsp3) is 0.222. The fourth-order valence-electron chi connectivity index (χ4n) is 2.20. The number of aromatic nitrogens is 4. The van der Waals surface area contributed by atoms with Gasteiger partial charge in [0.1, 0.15) is 0 Å². The summed E-state index contributed by atoms with van der Waals surface area (Å²) < 4.78 is 19.0. The molecule has 0 aliphatic carbocycles. The van der Waals surface area contributed by atoms with E-state index < -0.39 is 9.23 Å². The summed E-state index contributed by atoms with van der Waals surface area (Å²) in [4.78, 5) is 8.10. The highest BCUT2D eigenvalue weighted by Gasteiger charge is 1.99. The van der Waals surface area contributed by atoms with Gasteiger partial charge in [0.05, 0.1) is 46.6 Å². The average molecular weight is 534 g/mol. The molecule has 0 unspecified atom stereocenters. The van der Waals surface area contributed by atoms with Crippen molar-refractivity contribution in [3.8, 4) is 0 Å². The minimum atomic E-state index is -1.67. The van der Waals surface area contributed by atoms with Crippen molar-refractivity contribution in [2.45, 2.75) is 26.3 Å². The molecule has 0 aliphatic heterocycles. The topological polar surface area (TPSA) is 71.9 Å². The molecule has 0 saturated heterocycles. The van der Waals surface area contributed by atoms with Gasteiger partial charge in [0, 0.05) is 46.2 Å². The molecule has 0 atom stereocenters. The van der Waals surface area contributed by atoms with Crippen molar-refractivity contribution in [1.29, 1.82) is 0 Å². The molecule has 4 aromatic rings. The molecule has 0 fully saturated rings. The first kappa shape index (κ1) is 25.2. The Bertz CT molecular complexity index is 1030. The highest BCUT2D eigenvalue weighted by Crippen LogP contribution is 2.16. The van der Waals surface area contributed by atoms with Crippen LogP contribution in [0, 0.1) is 0 Å². The zero-order chi connectivity index (χ0) is 23.4. The molecule has 0 radical (unpaired) electrons. The van der Waals surface area contributed by atoms with Gasteiger partial charge in [-0.15, -0.1) is 11.6 Å². The van der Waals surface area contributed by atoms with Gasteiger partial charge in [-0.3, -0.25) is 0 Å². The van der Waals surface area contributed by atoms with E-state index in [2.05, 4.69) is 31.3 Å². The maximum Gasteiger partial charge on any atom is 0.211 e. The lowest BCUT2D eigenvalue weighted by molar-refractivity contribution is 0.276. The molecule has 0 amide bonds. The molecule has 0 bridgehead atoms. The van der Waals surface area contributed by atoms with Gasteiger partial charge in [-0.05, 0) is 24.3 Å². The number of aliphatic hydroxyl groups excluding tert-OH is 1. The highest BCUT2D eigenvalue weighted by atomic mass is 36.0. The molecule has 0 spiro atoms. The third-order valence-corrected chi connectivity index (χ3v) is 4.00. The van der Waals surface area contributed by atoms with Crippen LogP contribution in [-0.2, 0) is 21.7 Å². The molecule has 6 nitrogen and oxygen atoms in total. The Kier molecular flexibility index (Phi) is 11.8. The molecule has 4 rings (SSSR count). The quantitative estimate of drug-likeness (QED) is 0.243. The summed E-state index contributed by atoms with van der Waals surface area (Å²) in [5, 5.41) is 10.2. The van der Waals surface area contributed by atoms with Crippen molar-refractivity contribution in [1.82, 2.24) is 18.8 Å². The van der Waals surface area contributed by atoms with Crippen LogP contribution in [0.4, 0.5) is 0 Å².